The molecule has 2 rings (SSSR count). The van der Waals surface area contributed by atoms with E-state index in [2.05, 4.69) is 10.5 Å². The summed E-state index contributed by atoms with van der Waals surface area (Å²) in [4.78, 5) is 11.7. The third-order valence-electron chi connectivity index (χ3n) is 3.37. The molecule has 0 saturated carbocycles. The molecule has 1 amide bonds. The highest BCUT2D eigenvalue weighted by molar-refractivity contribution is 5.76. The Morgan fingerprint density at radius 1 is 1.30 bits per heavy atom. The first-order chi connectivity index (χ1) is 11.0. The number of halogens is 2. The number of carbonyl (C=O) groups excluding carboxylic acids is 1. The number of hydrogen-bond donors (Lipinski definition) is 1. The number of aromatic nitrogens is 1. The number of ether oxygens (including phenoxy) is 1. The highest BCUT2D eigenvalue weighted by Crippen LogP contribution is 2.15. The van der Waals surface area contributed by atoms with Gasteiger partial charge in [-0.15, -0.1) is 0 Å². The number of nitrogens with one attached hydrogen (secondary N) is 1. The molecule has 1 aromatic heterocycles. The molecule has 0 aliphatic rings. The monoisotopic (exact) mass is 324 g/mol. The molecule has 1 N–H and O–H groups in total. The lowest BCUT2D eigenvalue weighted by Gasteiger charge is -2.08. The summed E-state index contributed by atoms with van der Waals surface area (Å²) in [5.74, 6) is -1.08. The maximum absolute atomic E-state index is 13.0. The van der Waals surface area contributed by atoms with E-state index in [0.29, 0.717) is 12.8 Å². The Morgan fingerprint density at radius 2 is 2.09 bits per heavy atom. The number of nitrogens with zero attached hydrogens (tertiary/aromatic N) is 1. The van der Waals surface area contributed by atoms with Crippen LogP contribution in [0.1, 0.15) is 23.4 Å². The summed E-state index contributed by atoms with van der Waals surface area (Å²) in [6, 6.07) is 3.29. The highest BCUT2D eigenvalue weighted by atomic mass is 19.2. The summed E-state index contributed by atoms with van der Waals surface area (Å²) in [5, 5.41) is 6.53. The summed E-state index contributed by atoms with van der Waals surface area (Å²) < 4.78 is 36.0. The zero-order chi connectivity index (χ0) is 16.8. The van der Waals surface area contributed by atoms with Crippen LogP contribution in [0.25, 0.3) is 0 Å². The zero-order valence-electron chi connectivity index (χ0n) is 13.0. The van der Waals surface area contributed by atoms with Gasteiger partial charge in [-0.2, -0.15) is 0 Å². The fourth-order valence-electron chi connectivity index (χ4n) is 2.11. The van der Waals surface area contributed by atoms with E-state index in [1.54, 1.807) is 0 Å². The summed E-state index contributed by atoms with van der Waals surface area (Å²) >= 11 is 0. The van der Waals surface area contributed by atoms with Crippen LogP contribution >= 0.6 is 0 Å². The van der Waals surface area contributed by atoms with Crippen LogP contribution in [-0.4, -0.2) is 24.2 Å². The molecule has 0 aliphatic carbocycles. The molecule has 0 fully saturated rings. The second kappa shape index (κ2) is 7.71. The second-order valence-electron chi connectivity index (χ2n) is 5.08. The third-order valence-corrected chi connectivity index (χ3v) is 3.37. The highest BCUT2D eigenvalue weighted by Gasteiger charge is 2.11. The van der Waals surface area contributed by atoms with Crippen molar-refractivity contribution in [3.8, 4) is 5.75 Å². The van der Waals surface area contributed by atoms with Crippen LogP contribution in [0.4, 0.5) is 8.78 Å². The Morgan fingerprint density at radius 3 is 2.74 bits per heavy atom. The van der Waals surface area contributed by atoms with Gasteiger partial charge in [-0.05, 0) is 32.4 Å². The van der Waals surface area contributed by atoms with Gasteiger partial charge in [0, 0.05) is 18.1 Å². The minimum Gasteiger partial charge on any atom is -0.492 e. The first-order valence-corrected chi connectivity index (χ1v) is 7.23. The SMILES string of the molecule is Cc1noc(C)c1CCC(=O)NCCOc1ccc(F)c(F)c1. The Hall–Kier alpha value is -2.44. The lowest BCUT2D eigenvalue weighted by atomic mass is 10.1. The number of benzene rings is 1. The number of amides is 1. The van der Waals surface area contributed by atoms with Gasteiger partial charge < -0.3 is 14.6 Å². The van der Waals surface area contributed by atoms with Gasteiger partial charge in [-0.1, -0.05) is 5.16 Å². The molecule has 1 aromatic carbocycles. The smallest absolute Gasteiger partial charge is 0.220 e. The van der Waals surface area contributed by atoms with Crippen LogP contribution in [0.3, 0.4) is 0 Å². The van der Waals surface area contributed by atoms with Gasteiger partial charge in [-0.25, -0.2) is 8.78 Å². The van der Waals surface area contributed by atoms with Crippen molar-refractivity contribution in [1.29, 1.82) is 0 Å². The molecule has 0 radical (unpaired) electrons. The fraction of sp³-hybridized carbons (Fsp3) is 0.375. The van der Waals surface area contributed by atoms with Crippen LogP contribution in [0.5, 0.6) is 5.75 Å². The molecular formula is C16H18F2N2O3. The van der Waals surface area contributed by atoms with Crippen LogP contribution < -0.4 is 10.1 Å². The van der Waals surface area contributed by atoms with Gasteiger partial charge in [0.1, 0.15) is 18.1 Å². The largest absolute Gasteiger partial charge is 0.492 e. The number of rotatable bonds is 7. The van der Waals surface area contributed by atoms with E-state index in [4.69, 9.17) is 9.26 Å². The summed E-state index contributed by atoms with van der Waals surface area (Å²) in [6.07, 6.45) is 0.866. The molecule has 0 atom stereocenters. The van der Waals surface area contributed by atoms with Crippen molar-refractivity contribution in [2.75, 3.05) is 13.2 Å². The average molecular weight is 324 g/mol. The van der Waals surface area contributed by atoms with E-state index < -0.39 is 11.6 Å². The fourth-order valence-corrected chi connectivity index (χ4v) is 2.11. The van der Waals surface area contributed by atoms with E-state index in [1.807, 2.05) is 13.8 Å². The van der Waals surface area contributed by atoms with Gasteiger partial charge in [0.25, 0.3) is 0 Å². The van der Waals surface area contributed by atoms with Crippen molar-refractivity contribution in [2.24, 2.45) is 0 Å². The molecule has 2 aromatic rings. The van der Waals surface area contributed by atoms with E-state index >= 15 is 0 Å². The van der Waals surface area contributed by atoms with Crippen LogP contribution in [-0.2, 0) is 11.2 Å². The molecule has 124 valence electrons. The number of aryl methyl sites for hydroxylation is 2. The quantitative estimate of drug-likeness (QED) is 0.795. The Bertz CT molecular complexity index is 666. The van der Waals surface area contributed by atoms with E-state index in [0.717, 1.165) is 29.2 Å². The van der Waals surface area contributed by atoms with Gasteiger partial charge in [0.15, 0.2) is 11.6 Å². The minimum atomic E-state index is -0.967. The lowest BCUT2D eigenvalue weighted by molar-refractivity contribution is -0.121. The third kappa shape index (κ3) is 4.77. The minimum absolute atomic E-state index is 0.126. The van der Waals surface area contributed by atoms with Crippen molar-refractivity contribution in [3.05, 3.63) is 46.9 Å². The molecule has 1 heterocycles. The molecule has 7 heteroatoms. The predicted molar refractivity (Wildman–Crippen MR) is 79.2 cm³/mol. The molecule has 5 nitrogen and oxygen atoms in total. The van der Waals surface area contributed by atoms with Crippen LogP contribution in [0, 0.1) is 25.5 Å². The van der Waals surface area contributed by atoms with Crippen molar-refractivity contribution in [2.45, 2.75) is 26.7 Å². The van der Waals surface area contributed by atoms with Crippen LogP contribution in [0.15, 0.2) is 22.7 Å². The summed E-state index contributed by atoms with van der Waals surface area (Å²) in [5.41, 5.74) is 1.73. The summed E-state index contributed by atoms with van der Waals surface area (Å²) in [7, 11) is 0. The van der Waals surface area contributed by atoms with Gasteiger partial charge in [-0.3, -0.25) is 4.79 Å². The first kappa shape index (κ1) is 16.9. The first-order valence-electron chi connectivity index (χ1n) is 7.23. The maximum Gasteiger partial charge on any atom is 0.220 e. The van der Waals surface area contributed by atoms with Crippen molar-refractivity contribution in [3.63, 3.8) is 0 Å². The Balaban J connectivity index is 1.68. The zero-order valence-corrected chi connectivity index (χ0v) is 13.0. The van der Waals surface area contributed by atoms with Gasteiger partial charge in [0.05, 0.1) is 12.2 Å². The number of hydrogen-bond acceptors (Lipinski definition) is 4. The molecule has 0 spiro atoms. The van der Waals surface area contributed by atoms with Gasteiger partial charge >= 0.3 is 0 Å². The molecular weight excluding hydrogens is 306 g/mol. The van der Waals surface area contributed by atoms with Crippen molar-refractivity contribution < 1.29 is 22.8 Å². The molecule has 0 saturated heterocycles. The molecule has 0 aliphatic heterocycles. The maximum atomic E-state index is 13.0. The Labute approximate surface area is 132 Å². The Kier molecular flexibility index (Phi) is 5.67. The predicted octanol–water partition coefficient (Wildman–Crippen LogP) is 2.70. The van der Waals surface area contributed by atoms with Crippen LogP contribution in [0.2, 0.25) is 0 Å². The van der Waals surface area contributed by atoms with Crippen molar-refractivity contribution >= 4 is 5.91 Å². The second-order valence-corrected chi connectivity index (χ2v) is 5.08. The number of carbonyl (C=O) groups is 1. The summed E-state index contributed by atoms with van der Waals surface area (Å²) in [6.45, 7) is 4.09. The lowest BCUT2D eigenvalue weighted by Crippen LogP contribution is -2.28. The van der Waals surface area contributed by atoms with Gasteiger partial charge in [0.2, 0.25) is 5.91 Å². The topological polar surface area (TPSA) is 64.4 Å². The van der Waals surface area contributed by atoms with E-state index in [9.17, 15) is 13.6 Å². The van der Waals surface area contributed by atoms with E-state index in [-0.39, 0.29) is 24.8 Å². The molecule has 0 unspecified atom stereocenters. The van der Waals surface area contributed by atoms with E-state index in [1.165, 1.54) is 6.07 Å². The molecule has 23 heavy (non-hydrogen) atoms. The normalized spacial score (nSPS) is 10.6. The van der Waals surface area contributed by atoms with Crippen molar-refractivity contribution in [1.82, 2.24) is 10.5 Å². The average Bonchev–Trinajstić information content (AvgIpc) is 2.84. The standard InChI is InChI=1S/C16H18F2N2O3/c1-10-13(11(2)23-20-10)4-6-16(21)19-7-8-22-12-3-5-14(17)15(18)9-12/h3,5,9H,4,6-8H2,1-2H3,(H,19,21). The molecule has 0 bridgehead atoms.